The molecule has 2 rings (SSSR count). The van der Waals surface area contributed by atoms with Crippen molar-refractivity contribution < 1.29 is 19.1 Å². The van der Waals surface area contributed by atoms with Gasteiger partial charge in [-0.05, 0) is 48.0 Å². The summed E-state index contributed by atoms with van der Waals surface area (Å²) in [5.74, 6) is -0.492. The third-order valence-corrected chi connectivity index (χ3v) is 3.20. The molecule has 0 saturated carbocycles. The lowest BCUT2D eigenvalue weighted by Crippen LogP contribution is -2.17. The van der Waals surface area contributed by atoms with Gasteiger partial charge in [-0.15, -0.1) is 0 Å². The van der Waals surface area contributed by atoms with Gasteiger partial charge in [0.25, 0.3) is 5.91 Å². The van der Waals surface area contributed by atoms with E-state index in [1.807, 2.05) is 0 Å². The number of carbonyl (C=O) groups is 3. The molecule has 0 aliphatic heterocycles. The molecule has 2 aromatic carbocycles. The van der Waals surface area contributed by atoms with E-state index in [1.54, 1.807) is 61.7 Å². The average Bonchev–Trinajstić information content (AvgIpc) is 2.61. The normalized spacial score (nSPS) is 10.3. The lowest BCUT2D eigenvalue weighted by atomic mass is 10.1. The fourth-order valence-electron chi connectivity index (χ4n) is 2.01. The summed E-state index contributed by atoms with van der Waals surface area (Å²) in [5, 5.41) is 5.17. The van der Waals surface area contributed by atoms with Crippen LogP contribution in [0.2, 0.25) is 0 Å². The molecule has 25 heavy (non-hydrogen) atoms. The quantitative estimate of drug-likeness (QED) is 0.499. The highest BCUT2D eigenvalue weighted by atomic mass is 16.5. The van der Waals surface area contributed by atoms with Crippen molar-refractivity contribution in [1.29, 1.82) is 0 Å². The van der Waals surface area contributed by atoms with Crippen LogP contribution in [-0.4, -0.2) is 24.8 Å². The molecule has 0 spiro atoms. The van der Waals surface area contributed by atoms with Crippen LogP contribution in [0.4, 0.5) is 5.69 Å². The maximum absolute atomic E-state index is 11.8. The van der Waals surface area contributed by atoms with Gasteiger partial charge in [-0.25, -0.2) is 4.79 Å². The number of amides is 2. The van der Waals surface area contributed by atoms with Crippen LogP contribution >= 0.6 is 0 Å². The van der Waals surface area contributed by atoms with E-state index in [1.165, 1.54) is 13.0 Å². The van der Waals surface area contributed by atoms with Crippen LogP contribution in [0.1, 0.15) is 22.8 Å². The topological polar surface area (TPSA) is 84.5 Å². The van der Waals surface area contributed by atoms with E-state index in [2.05, 4.69) is 10.6 Å². The summed E-state index contributed by atoms with van der Waals surface area (Å²) in [6, 6.07) is 13.3. The van der Waals surface area contributed by atoms with Gasteiger partial charge in [-0.3, -0.25) is 9.59 Å². The third-order valence-electron chi connectivity index (χ3n) is 3.20. The van der Waals surface area contributed by atoms with Crippen LogP contribution in [0.3, 0.4) is 0 Å². The van der Waals surface area contributed by atoms with Gasteiger partial charge in [0.1, 0.15) is 5.75 Å². The fourth-order valence-corrected chi connectivity index (χ4v) is 2.01. The van der Waals surface area contributed by atoms with Gasteiger partial charge in [0.05, 0.1) is 0 Å². The second-order valence-electron chi connectivity index (χ2n) is 5.16. The van der Waals surface area contributed by atoms with Crippen LogP contribution < -0.4 is 15.4 Å². The minimum atomic E-state index is -0.525. The molecule has 0 aromatic heterocycles. The van der Waals surface area contributed by atoms with Crippen LogP contribution in [-0.2, 0) is 9.59 Å². The van der Waals surface area contributed by atoms with E-state index in [0.717, 1.165) is 5.56 Å². The van der Waals surface area contributed by atoms with E-state index in [9.17, 15) is 14.4 Å². The highest BCUT2D eigenvalue weighted by molar-refractivity contribution is 5.94. The molecule has 0 radical (unpaired) electrons. The summed E-state index contributed by atoms with van der Waals surface area (Å²) in [6.07, 6.45) is 2.90. The summed E-state index contributed by atoms with van der Waals surface area (Å²) >= 11 is 0. The van der Waals surface area contributed by atoms with E-state index in [0.29, 0.717) is 17.0 Å². The Morgan fingerprint density at radius 1 is 0.960 bits per heavy atom. The predicted molar refractivity (Wildman–Crippen MR) is 95.2 cm³/mol. The Morgan fingerprint density at radius 3 is 2.16 bits per heavy atom. The lowest BCUT2D eigenvalue weighted by Gasteiger charge is -2.04. The van der Waals surface area contributed by atoms with Gasteiger partial charge >= 0.3 is 5.97 Å². The van der Waals surface area contributed by atoms with Crippen molar-refractivity contribution in [3.63, 3.8) is 0 Å². The van der Waals surface area contributed by atoms with Crippen molar-refractivity contribution in [3.05, 3.63) is 65.7 Å². The van der Waals surface area contributed by atoms with Crippen molar-refractivity contribution in [2.45, 2.75) is 6.92 Å². The van der Waals surface area contributed by atoms with Crippen LogP contribution in [0.25, 0.3) is 6.08 Å². The molecule has 0 heterocycles. The molecule has 6 heteroatoms. The van der Waals surface area contributed by atoms with Crippen molar-refractivity contribution in [1.82, 2.24) is 5.32 Å². The van der Waals surface area contributed by atoms with Crippen molar-refractivity contribution in [2.24, 2.45) is 0 Å². The SMILES string of the molecule is CNC(=O)c1ccc(/C=C/C(=O)Oc2ccc(NC(C)=O)cc2)cc1. The molecule has 2 aromatic rings. The Balaban J connectivity index is 1.94. The number of carbonyl (C=O) groups excluding carboxylic acids is 3. The molecule has 128 valence electrons. The van der Waals surface area contributed by atoms with Crippen LogP contribution in [0.5, 0.6) is 5.75 Å². The Hall–Kier alpha value is -3.41. The summed E-state index contributed by atoms with van der Waals surface area (Å²) in [6.45, 7) is 1.42. The molecular weight excluding hydrogens is 320 g/mol. The van der Waals surface area contributed by atoms with Gasteiger partial charge in [0, 0.05) is 31.3 Å². The number of hydrogen-bond acceptors (Lipinski definition) is 4. The Morgan fingerprint density at radius 2 is 1.60 bits per heavy atom. The van der Waals surface area contributed by atoms with Gasteiger partial charge in [0.15, 0.2) is 0 Å². The number of anilines is 1. The highest BCUT2D eigenvalue weighted by Gasteiger charge is 2.03. The summed E-state index contributed by atoms with van der Waals surface area (Å²) in [5.41, 5.74) is 1.94. The zero-order valence-corrected chi connectivity index (χ0v) is 13.9. The summed E-state index contributed by atoms with van der Waals surface area (Å²) < 4.78 is 5.17. The Bertz CT molecular complexity index is 793. The number of benzene rings is 2. The first-order valence-electron chi connectivity index (χ1n) is 7.57. The molecule has 2 amide bonds. The zero-order valence-electron chi connectivity index (χ0n) is 13.9. The predicted octanol–water partition coefficient (Wildman–Crippen LogP) is 2.62. The number of nitrogens with one attached hydrogen (secondary N) is 2. The molecule has 0 saturated heterocycles. The standard InChI is InChI=1S/C19H18N2O4/c1-13(22)21-16-8-10-17(11-9-16)25-18(23)12-5-14-3-6-15(7-4-14)19(24)20-2/h3-12H,1-2H3,(H,20,24)(H,21,22)/b12-5+. The van der Waals surface area contributed by atoms with Gasteiger partial charge in [-0.1, -0.05) is 12.1 Å². The Labute approximate surface area is 145 Å². The number of rotatable bonds is 5. The summed E-state index contributed by atoms with van der Waals surface area (Å²) in [4.78, 5) is 34.2. The molecule has 0 aliphatic carbocycles. The monoisotopic (exact) mass is 338 g/mol. The largest absolute Gasteiger partial charge is 0.423 e. The van der Waals surface area contributed by atoms with Crippen molar-refractivity contribution >= 4 is 29.5 Å². The van der Waals surface area contributed by atoms with E-state index < -0.39 is 5.97 Å². The third kappa shape index (κ3) is 5.62. The maximum atomic E-state index is 11.8. The molecule has 0 fully saturated rings. The lowest BCUT2D eigenvalue weighted by molar-refractivity contribution is -0.128. The van der Waals surface area contributed by atoms with Crippen molar-refractivity contribution in [3.8, 4) is 5.75 Å². The maximum Gasteiger partial charge on any atom is 0.336 e. The molecule has 2 N–H and O–H groups in total. The second kappa shape index (κ2) is 8.44. The smallest absolute Gasteiger partial charge is 0.336 e. The van der Waals surface area contributed by atoms with Gasteiger partial charge in [0.2, 0.25) is 5.91 Å². The Kier molecular flexibility index (Phi) is 6.06. The molecule has 0 unspecified atom stereocenters. The van der Waals surface area contributed by atoms with Crippen LogP contribution in [0, 0.1) is 0 Å². The van der Waals surface area contributed by atoms with E-state index in [4.69, 9.17) is 4.74 Å². The number of esters is 1. The van der Waals surface area contributed by atoms with Crippen molar-refractivity contribution in [2.75, 3.05) is 12.4 Å². The molecule has 6 nitrogen and oxygen atoms in total. The van der Waals surface area contributed by atoms with E-state index >= 15 is 0 Å². The molecule has 0 atom stereocenters. The second-order valence-corrected chi connectivity index (χ2v) is 5.16. The highest BCUT2D eigenvalue weighted by Crippen LogP contribution is 2.16. The zero-order chi connectivity index (χ0) is 18.2. The fraction of sp³-hybridized carbons (Fsp3) is 0.105. The molecule has 0 bridgehead atoms. The average molecular weight is 338 g/mol. The number of hydrogen-bond donors (Lipinski definition) is 2. The minimum absolute atomic E-state index is 0.169. The van der Waals surface area contributed by atoms with Gasteiger partial charge in [-0.2, -0.15) is 0 Å². The first-order chi connectivity index (χ1) is 12.0. The first kappa shape index (κ1) is 17.9. The molecule has 0 aliphatic rings. The summed E-state index contributed by atoms with van der Waals surface area (Å²) in [7, 11) is 1.56. The molecular formula is C19H18N2O4. The first-order valence-corrected chi connectivity index (χ1v) is 7.57. The minimum Gasteiger partial charge on any atom is -0.423 e. The van der Waals surface area contributed by atoms with Crippen LogP contribution in [0.15, 0.2) is 54.6 Å². The number of ether oxygens (including phenoxy) is 1. The van der Waals surface area contributed by atoms with E-state index in [-0.39, 0.29) is 11.8 Å². The van der Waals surface area contributed by atoms with Gasteiger partial charge < -0.3 is 15.4 Å².